The second kappa shape index (κ2) is 8.26. The van der Waals surface area contributed by atoms with E-state index in [2.05, 4.69) is 36.4 Å². The Kier molecular flexibility index (Phi) is 5.83. The van der Waals surface area contributed by atoms with E-state index in [1.807, 2.05) is 47.9 Å². The van der Waals surface area contributed by atoms with Crippen molar-refractivity contribution >= 4 is 39.3 Å². The predicted octanol–water partition coefficient (Wildman–Crippen LogP) is 3.85. The molecule has 0 spiro atoms. The number of hydrogen-bond acceptors (Lipinski definition) is 5. The van der Waals surface area contributed by atoms with E-state index in [0.29, 0.717) is 11.7 Å². The van der Waals surface area contributed by atoms with Gasteiger partial charge >= 0.3 is 0 Å². The van der Waals surface area contributed by atoms with Gasteiger partial charge in [0.2, 0.25) is 5.91 Å². The molecule has 0 saturated heterocycles. The summed E-state index contributed by atoms with van der Waals surface area (Å²) in [5, 5.41) is 12.0. The van der Waals surface area contributed by atoms with Crippen LogP contribution in [-0.4, -0.2) is 31.4 Å². The zero-order chi connectivity index (χ0) is 17.6. The van der Waals surface area contributed by atoms with Crippen LogP contribution < -0.4 is 5.32 Å². The largest absolute Gasteiger partial charge is 0.325 e. The molecule has 0 atom stereocenters. The van der Waals surface area contributed by atoms with Gasteiger partial charge in [-0.25, -0.2) is 0 Å². The number of amides is 1. The fraction of sp³-hybridized carbons (Fsp3) is 0.176. The molecule has 0 aliphatic heterocycles. The van der Waals surface area contributed by atoms with Crippen LogP contribution in [0.25, 0.3) is 11.4 Å². The summed E-state index contributed by atoms with van der Waals surface area (Å²) in [6.45, 7) is 2.74. The first-order valence-corrected chi connectivity index (χ1v) is 9.47. The number of aromatic nitrogens is 4. The Hall–Kier alpha value is -2.19. The van der Waals surface area contributed by atoms with Gasteiger partial charge < -0.3 is 9.88 Å². The van der Waals surface area contributed by atoms with Gasteiger partial charge in [-0.1, -0.05) is 33.8 Å². The summed E-state index contributed by atoms with van der Waals surface area (Å²) in [4.78, 5) is 16.3. The summed E-state index contributed by atoms with van der Waals surface area (Å²) in [5.41, 5.74) is 1.66. The molecule has 3 aromatic rings. The Morgan fingerprint density at radius 1 is 1.28 bits per heavy atom. The molecule has 0 unspecified atom stereocenters. The summed E-state index contributed by atoms with van der Waals surface area (Å²) in [5.74, 6) is 0.930. The number of halogens is 1. The van der Waals surface area contributed by atoms with Gasteiger partial charge in [0.05, 0.1) is 5.75 Å². The van der Waals surface area contributed by atoms with Crippen molar-refractivity contribution in [3.8, 4) is 11.4 Å². The van der Waals surface area contributed by atoms with E-state index < -0.39 is 0 Å². The van der Waals surface area contributed by atoms with E-state index >= 15 is 0 Å². The first-order valence-electron chi connectivity index (χ1n) is 7.69. The maximum atomic E-state index is 12.2. The molecule has 3 rings (SSSR count). The van der Waals surface area contributed by atoms with Crippen molar-refractivity contribution in [2.45, 2.75) is 18.6 Å². The van der Waals surface area contributed by atoms with Crippen LogP contribution >= 0.6 is 27.7 Å². The Balaban J connectivity index is 1.67. The maximum absolute atomic E-state index is 12.2. The van der Waals surface area contributed by atoms with Crippen LogP contribution in [0.5, 0.6) is 0 Å². The molecule has 0 aliphatic rings. The number of carbonyl (C=O) groups excluding carboxylic acids is 1. The lowest BCUT2D eigenvalue weighted by Crippen LogP contribution is -2.14. The Bertz CT molecular complexity index is 868. The number of benzene rings is 1. The third-order valence-electron chi connectivity index (χ3n) is 3.39. The average molecular weight is 418 g/mol. The predicted molar refractivity (Wildman–Crippen MR) is 102 cm³/mol. The maximum Gasteiger partial charge on any atom is 0.234 e. The van der Waals surface area contributed by atoms with Gasteiger partial charge in [0.15, 0.2) is 11.0 Å². The molecule has 0 radical (unpaired) electrons. The van der Waals surface area contributed by atoms with Crippen molar-refractivity contribution in [1.82, 2.24) is 19.7 Å². The molecule has 2 aromatic heterocycles. The van der Waals surface area contributed by atoms with Crippen molar-refractivity contribution < 1.29 is 4.79 Å². The number of thioether (sulfide) groups is 1. The van der Waals surface area contributed by atoms with Crippen molar-refractivity contribution in [2.75, 3.05) is 11.1 Å². The van der Waals surface area contributed by atoms with Crippen LogP contribution in [0.15, 0.2) is 58.4 Å². The Morgan fingerprint density at radius 2 is 2.16 bits per heavy atom. The molecular formula is C17H16BrN5OS. The zero-order valence-corrected chi connectivity index (χ0v) is 15.9. The minimum absolute atomic E-state index is 0.0864. The lowest BCUT2D eigenvalue weighted by molar-refractivity contribution is -0.113. The number of carbonyl (C=O) groups is 1. The monoisotopic (exact) mass is 417 g/mol. The second-order valence-corrected chi connectivity index (χ2v) is 7.00. The van der Waals surface area contributed by atoms with Crippen LogP contribution in [0.3, 0.4) is 0 Å². The summed E-state index contributed by atoms with van der Waals surface area (Å²) in [6, 6.07) is 11.3. The summed E-state index contributed by atoms with van der Waals surface area (Å²) < 4.78 is 2.90. The lowest BCUT2D eigenvalue weighted by Gasteiger charge is -2.08. The minimum atomic E-state index is -0.0864. The second-order valence-electron chi connectivity index (χ2n) is 5.14. The lowest BCUT2D eigenvalue weighted by atomic mass is 10.3. The molecular weight excluding hydrogens is 402 g/mol. The van der Waals surface area contributed by atoms with E-state index in [0.717, 1.165) is 21.5 Å². The Morgan fingerprint density at radius 3 is 2.88 bits per heavy atom. The highest BCUT2D eigenvalue weighted by Crippen LogP contribution is 2.23. The molecule has 0 bridgehead atoms. The number of hydrogen-bond donors (Lipinski definition) is 1. The number of nitrogens with zero attached hydrogens (tertiary/aromatic N) is 4. The SMILES string of the molecule is CCn1c(SCC(=O)Nc2cccc(Br)c2)nnc1-c1cccnc1. The third-order valence-corrected chi connectivity index (χ3v) is 4.85. The number of pyridine rings is 1. The highest BCUT2D eigenvalue weighted by atomic mass is 79.9. The van der Waals surface area contributed by atoms with Crippen molar-refractivity contribution in [3.63, 3.8) is 0 Å². The van der Waals surface area contributed by atoms with E-state index in [9.17, 15) is 4.79 Å². The molecule has 2 heterocycles. The molecule has 0 saturated carbocycles. The van der Waals surface area contributed by atoms with Gasteiger partial charge in [0.25, 0.3) is 0 Å². The third kappa shape index (κ3) is 4.46. The fourth-order valence-electron chi connectivity index (χ4n) is 2.28. The normalized spacial score (nSPS) is 10.6. The fourth-order valence-corrected chi connectivity index (χ4v) is 3.48. The topological polar surface area (TPSA) is 72.7 Å². The van der Waals surface area contributed by atoms with Crippen molar-refractivity contribution in [3.05, 3.63) is 53.3 Å². The molecule has 0 fully saturated rings. The number of anilines is 1. The summed E-state index contributed by atoms with van der Waals surface area (Å²) >= 11 is 4.75. The first kappa shape index (κ1) is 17.6. The Labute approximate surface area is 158 Å². The molecule has 8 heteroatoms. The standard InChI is InChI=1S/C17H16BrN5OS/c1-2-23-16(12-5-4-8-19-10-12)21-22-17(23)25-11-15(24)20-14-7-3-6-13(18)9-14/h3-10H,2,11H2,1H3,(H,20,24). The van der Waals surface area contributed by atoms with Gasteiger partial charge in [0, 0.05) is 34.7 Å². The molecule has 6 nitrogen and oxygen atoms in total. The van der Waals surface area contributed by atoms with Crippen molar-refractivity contribution in [2.24, 2.45) is 0 Å². The summed E-state index contributed by atoms with van der Waals surface area (Å²) in [6.07, 6.45) is 3.47. The van der Waals surface area contributed by atoms with Gasteiger partial charge in [-0.05, 0) is 37.3 Å². The van der Waals surface area contributed by atoms with Crippen LogP contribution in [0, 0.1) is 0 Å². The highest BCUT2D eigenvalue weighted by molar-refractivity contribution is 9.10. The minimum Gasteiger partial charge on any atom is -0.325 e. The average Bonchev–Trinajstić information content (AvgIpc) is 3.03. The van der Waals surface area contributed by atoms with Gasteiger partial charge in [-0.3, -0.25) is 9.78 Å². The molecule has 128 valence electrons. The van der Waals surface area contributed by atoms with Crippen LogP contribution in [0.1, 0.15) is 6.92 Å². The molecule has 1 amide bonds. The van der Waals surface area contributed by atoms with Crippen LogP contribution in [0.2, 0.25) is 0 Å². The van der Waals surface area contributed by atoms with Gasteiger partial charge in [-0.2, -0.15) is 0 Å². The smallest absolute Gasteiger partial charge is 0.234 e. The quantitative estimate of drug-likeness (QED) is 0.616. The van der Waals surface area contributed by atoms with E-state index in [1.54, 1.807) is 12.4 Å². The van der Waals surface area contributed by atoms with Gasteiger partial charge in [-0.15, -0.1) is 10.2 Å². The van der Waals surface area contributed by atoms with Gasteiger partial charge in [0.1, 0.15) is 0 Å². The van der Waals surface area contributed by atoms with E-state index in [1.165, 1.54) is 11.8 Å². The van der Waals surface area contributed by atoms with Crippen LogP contribution in [0.4, 0.5) is 5.69 Å². The van der Waals surface area contributed by atoms with E-state index in [4.69, 9.17) is 0 Å². The van der Waals surface area contributed by atoms with Crippen molar-refractivity contribution in [1.29, 1.82) is 0 Å². The molecule has 0 aliphatic carbocycles. The molecule has 1 aromatic carbocycles. The first-order chi connectivity index (χ1) is 12.2. The van der Waals surface area contributed by atoms with E-state index in [-0.39, 0.29) is 11.7 Å². The number of rotatable bonds is 6. The number of nitrogens with one attached hydrogen (secondary N) is 1. The molecule has 25 heavy (non-hydrogen) atoms. The molecule has 1 N–H and O–H groups in total. The summed E-state index contributed by atoms with van der Waals surface area (Å²) in [7, 11) is 0. The highest BCUT2D eigenvalue weighted by Gasteiger charge is 2.14. The van der Waals surface area contributed by atoms with Crippen LogP contribution in [-0.2, 0) is 11.3 Å². The zero-order valence-electron chi connectivity index (χ0n) is 13.5.